The summed E-state index contributed by atoms with van der Waals surface area (Å²) >= 11 is 5.67. The Morgan fingerprint density at radius 1 is 1.52 bits per heavy atom. The van der Waals surface area contributed by atoms with Crippen LogP contribution < -0.4 is 4.90 Å². The summed E-state index contributed by atoms with van der Waals surface area (Å²) in [5.74, 6) is -1.29. The molecule has 2 rings (SSSR count). The summed E-state index contributed by atoms with van der Waals surface area (Å²) < 4.78 is 38.6. The average Bonchev–Trinajstić information content (AvgIpc) is 2.61. The first kappa shape index (κ1) is 15.3. The lowest BCUT2D eigenvalue weighted by molar-refractivity contribution is -0.137. The van der Waals surface area contributed by atoms with Crippen LogP contribution >= 0.6 is 11.6 Å². The number of alkyl halides is 3. The second-order valence-corrected chi connectivity index (χ2v) is 4.62. The minimum Gasteiger partial charge on any atom is -0.369 e. The molecule has 1 aliphatic heterocycles. The Morgan fingerprint density at radius 3 is 2.57 bits per heavy atom. The normalized spacial score (nSPS) is 19.2. The van der Waals surface area contributed by atoms with Gasteiger partial charge in [0, 0.05) is 11.8 Å². The van der Waals surface area contributed by atoms with Crippen molar-refractivity contribution in [2.24, 2.45) is 0 Å². The number of nitrogens with zero attached hydrogens (tertiary/aromatic N) is 3. The van der Waals surface area contributed by atoms with Gasteiger partial charge in [0.05, 0.1) is 11.1 Å². The molecule has 110 valence electrons. The van der Waals surface area contributed by atoms with Crippen molar-refractivity contribution < 1.29 is 23.1 Å². The van der Waals surface area contributed by atoms with E-state index in [1.54, 1.807) is 0 Å². The van der Waals surface area contributed by atoms with Crippen molar-refractivity contribution in [3.63, 3.8) is 0 Å². The Balaban J connectivity index is 2.54. The van der Waals surface area contributed by atoms with E-state index in [1.807, 2.05) is 0 Å². The van der Waals surface area contributed by atoms with Crippen molar-refractivity contribution in [1.82, 2.24) is 4.98 Å². The number of aromatic nitrogens is 1. The van der Waals surface area contributed by atoms with E-state index in [2.05, 4.69) is 4.98 Å². The number of pyridine rings is 1. The minimum atomic E-state index is -4.79. The topological polar surface area (TPSA) is 77.2 Å². The summed E-state index contributed by atoms with van der Waals surface area (Å²) in [5, 5.41) is 18.2. The first-order valence-electron chi connectivity index (χ1n) is 5.53. The van der Waals surface area contributed by atoms with Gasteiger partial charge < -0.3 is 5.11 Å². The molecule has 0 saturated heterocycles. The van der Waals surface area contributed by atoms with Gasteiger partial charge in [-0.2, -0.15) is 18.4 Å². The van der Waals surface area contributed by atoms with Crippen LogP contribution in [0.3, 0.4) is 0 Å². The van der Waals surface area contributed by atoms with Crippen LogP contribution in [0.2, 0.25) is 0 Å². The third-order valence-electron chi connectivity index (χ3n) is 2.95. The van der Waals surface area contributed by atoms with E-state index >= 15 is 0 Å². The number of aliphatic hydroxyl groups is 1. The molecule has 1 amide bonds. The highest BCUT2D eigenvalue weighted by atomic mass is 35.5. The lowest BCUT2D eigenvalue weighted by Crippen LogP contribution is -2.36. The number of hydrogen-bond acceptors (Lipinski definition) is 4. The molecular weight excluding hydrogens is 311 g/mol. The van der Waals surface area contributed by atoms with Gasteiger partial charge in [-0.15, -0.1) is 0 Å². The fourth-order valence-electron chi connectivity index (χ4n) is 1.82. The van der Waals surface area contributed by atoms with Crippen LogP contribution in [0.5, 0.6) is 0 Å². The zero-order chi connectivity index (χ0) is 15.9. The highest BCUT2D eigenvalue weighted by molar-refractivity contribution is 6.45. The molecule has 9 heteroatoms. The standard InChI is InChI=1S/C12H7ClF3N3O2/c1-5-9(13)11(21)19(10(5)20)8-2-7(12(14,15)16)6(3-17)4-18-8/h2,4,10,20H,1H3. The number of carbonyl (C=O) groups is 1. The number of nitriles is 1. The zero-order valence-electron chi connectivity index (χ0n) is 10.4. The molecule has 5 nitrogen and oxygen atoms in total. The van der Waals surface area contributed by atoms with Gasteiger partial charge in [0.1, 0.15) is 16.9 Å². The molecule has 1 unspecified atom stereocenters. The van der Waals surface area contributed by atoms with Crippen LogP contribution in [0.15, 0.2) is 22.9 Å². The summed E-state index contributed by atoms with van der Waals surface area (Å²) in [6.07, 6.45) is -5.59. The third-order valence-corrected chi connectivity index (χ3v) is 3.41. The zero-order valence-corrected chi connectivity index (χ0v) is 11.2. The van der Waals surface area contributed by atoms with E-state index in [1.165, 1.54) is 13.0 Å². The molecule has 0 aromatic carbocycles. The Morgan fingerprint density at radius 2 is 2.14 bits per heavy atom. The van der Waals surface area contributed by atoms with Crippen LogP contribution in [0.25, 0.3) is 0 Å². The van der Waals surface area contributed by atoms with Gasteiger partial charge in [0.15, 0.2) is 6.23 Å². The summed E-state index contributed by atoms with van der Waals surface area (Å²) in [4.78, 5) is 16.1. The van der Waals surface area contributed by atoms with Crippen molar-refractivity contribution in [3.05, 3.63) is 34.0 Å². The van der Waals surface area contributed by atoms with E-state index in [4.69, 9.17) is 16.9 Å². The molecule has 2 heterocycles. The predicted molar refractivity (Wildman–Crippen MR) is 66.0 cm³/mol. The molecular formula is C12H7ClF3N3O2. The second-order valence-electron chi connectivity index (χ2n) is 4.24. The van der Waals surface area contributed by atoms with E-state index in [0.29, 0.717) is 17.2 Å². The van der Waals surface area contributed by atoms with E-state index in [-0.39, 0.29) is 10.6 Å². The number of aliphatic hydroxyl groups excluding tert-OH is 1. The molecule has 1 aromatic rings. The van der Waals surface area contributed by atoms with E-state index in [9.17, 15) is 23.1 Å². The second kappa shape index (κ2) is 5.02. The van der Waals surface area contributed by atoms with E-state index < -0.39 is 35.3 Å². The Labute approximate surface area is 121 Å². The number of carbonyl (C=O) groups excluding carboxylic acids is 1. The smallest absolute Gasteiger partial charge is 0.369 e. The molecule has 0 radical (unpaired) electrons. The number of rotatable bonds is 1. The fourth-order valence-corrected chi connectivity index (χ4v) is 2.01. The van der Waals surface area contributed by atoms with Gasteiger partial charge >= 0.3 is 6.18 Å². The van der Waals surface area contributed by atoms with Crippen LogP contribution in [0.4, 0.5) is 19.0 Å². The molecule has 0 aliphatic carbocycles. The average molecular weight is 318 g/mol. The van der Waals surface area contributed by atoms with Crippen molar-refractivity contribution in [2.45, 2.75) is 19.3 Å². The Bertz CT molecular complexity index is 694. The first-order valence-corrected chi connectivity index (χ1v) is 5.91. The van der Waals surface area contributed by atoms with Crippen molar-refractivity contribution >= 4 is 23.3 Å². The van der Waals surface area contributed by atoms with Gasteiger partial charge in [-0.25, -0.2) is 4.98 Å². The summed E-state index contributed by atoms with van der Waals surface area (Å²) in [6.45, 7) is 1.37. The fraction of sp³-hybridized carbons (Fsp3) is 0.250. The molecule has 1 aromatic heterocycles. The van der Waals surface area contributed by atoms with Crippen molar-refractivity contribution in [1.29, 1.82) is 5.26 Å². The molecule has 1 N–H and O–H groups in total. The number of anilines is 1. The molecule has 1 atom stereocenters. The van der Waals surface area contributed by atoms with Crippen LogP contribution in [0, 0.1) is 11.3 Å². The Kier molecular flexibility index (Phi) is 3.65. The number of hydrogen-bond donors (Lipinski definition) is 1. The molecule has 0 saturated carbocycles. The molecule has 21 heavy (non-hydrogen) atoms. The number of amides is 1. The molecule has 0 spiro atoms. The van der Waals surface area contributed by atoms with Crippen molar-refractivity contribution in [2.75, 3.05) is 4.90 Å². The van der Waals surface area contributed by atoms with Crippen molar-refractivity contribution in [3.8, 4) is 6.07 Å². The van der Waals surface area contributed by atoms with Crippen LogP contribution in [-0.2, 0) is 11.0 Å². The molecule has 0 bridgehead atoms. The SMILES string of the molecule is CC1=C(Cl)C(=O)N(c2cc(C(F)(F)F)c(C#N)cn2)C1O. The maximum Gasteiger partial charge on any atom is 0.417 e. The highest BCUT2D eigenvalue weighted by Gasteiger charge is 2.39. The monoisotopic (exact) mass is 317 g/mol. The summed E-state index contributed by atoms with van der Waals surface area (Å²) in [7, 11) is 0. The van der Waals surface area contributed by atoms with Gasteiger partial charge in [0.25, 0.3) is 5.91 Å². The molecule has 1 aliphatic rings. The van der Waals surface area contributed by atoms with Gasteiger partial charge in [-0.1, -0.05) is 11.6 Å². The summed E-state index contributed by atoms with van der Waals surface area (Å²) in [6, 6.07) is 1.91. The highest BCUT2D eigenvalue weighted by Crippen LogP contribution is 2.36. The number of halogens is 4. The van der Waals surface area contributed by atoms with Gasteiger partial charge in [-0.3, -0.25) is 9.69 Å². The lowest BCUT2D eigenvalue weighted by Gasteiger charge is -2.21. The largest absolute Gasteiger partial charge is 0.417 e. The predicted octanol–water partition coefficient (Wildman–Crippen LogP) is 2.15. The third kappa shape index (κ3) is 2.46. The maximum atomic E-state index is 12.9. The lowest BCUT2D eigenvalue weighted by atomic mass is 10.1. The maximum absolute atomic E-state index is 12.9. The van der Waals surface area contributed by atoms with Gasteiger partial charge in [-0.05, 0) is 13.0 Å². The minimum absolute atomic E-state index is 0.112. The van der Waals surface area contributed by atoms with Crippen LogP contribution in [-0.4, -0.2) is 22.2 Å². The quantitative estimate of drug-likeness (QED) is 0.861. The van der Waals surface area contributed by atoms with Gasteiger partial charge in [0.2, 0.25) is 0 Å². The summed E-state index contributed by atoms with van der Waals surface area (Å²) in [5.41, 5.74) is -1.81. The first-order chi connectivity index (χ1) is 9.68. The molecule has 0 fully saturated rings. The van der Waals surface area contributed by atoms with Crippen LogP contribution in [0.1, 0.15) is 18.1 Å². The Hall–Kier alpha value is -2.11. The van der Waals surface area contributed by atoms with E-state index in [0.717, 1.165) is 0 Å².